The summed E-state index contributed by atoms with van der Waals surface area (Å²) in [5.41, 5.74) is 3.25. The number of nitrogens with zero attached hydrogens (tertiary/aromatic N) is 1. The second-order valence-electron chi connectivity index (χ2n) is 7.86. The number of fused-ring (bicyclic) bond motifs is 5. The van der Waals surface area contributed by atoms with Crippen molar-refractivity contribution in [2.24, 2.45) is 5.92 Å². The molecule has 0 radical (unpaired) electrons. The average molecular weight is 358 g/mol. The van der Waals surface area contributed by atoms with E-state index in [0.29, 0.717) is 18.4 Å². The van der Waals surface area contributed by atoms with Crippen LogP contribution in [0.15, 0.2) is 42.5 Å². The number of amides is 1. The van der Waals surface area contributed by atoms with Crippen LogP contribution in [0.5, 0.6) is 0 Å². The quantitative estimate of drug-likeness (QED) is 0.671. The Bertz CT molecular complexity index is 1060. The second kappa shape index (κ2) is 6.40. The number of rotatable bonds is 4. The van der Waals surface area contributed by atoms with Crippen LogP contribution in [-0.2, 0) is 11.2 Å². The van der Waals surface area contributed by atoms with E-state index < -0.39 is 6.04 Å². The van der Waals surface area contributed by atoms with Crippen molar-refractivity contribution in [2.75, 3.05) is 0 Å². The van der Waals surface area contributed by atoms with Gasteiger partial charge in [-0.1, -0.05) is 24.3 Å². The van der Waals surface area contributed by atoms with Crippen LogP contribution in [0.25, 0.3) is 21.8 Å². The average Bonchev–Trinajstić information content (AvgIpc) is 3.41. The zero-order valence-corrected chi connectivity index (χ0v) is 15.0. The number of nitriles is 1. The maximum absolute atomic E-state index is 12.6. The van der Waals surface area contributed by atoms with Gasteiger partial charge in [0.1, 0.15) is 6.04 Å². The maximum atomic E-state index is 12.6. The Morgan fingerprint density at radius 1 is 1.19 bits per heavy atom. The summed E-state index contributed by atoms with van der Waals surface area (Å²) in [4.78, 5) is 16.0. The van der Waals surface area contributed by atoms with Crippen LogP contribution >= 0.6 is 0 Å². The number of piperidine rings is 1. The molecule has 5 heteroatoms. The largest absolute Gasteiger partial charge is 0.355 e. The van der Waals surface area contributed by atoms with Gasteiger partial charge in [-0.15, -0.1) is 0 Å². The number of benzene rings is 2. The highest BCUT2D eigenvalue weighted by Gasteiger charge is 2.43. The lowest BCUT2D eigenvalue weighted by Crippen LogP contribution is -2.50. The van der Waals surface area contributed by atoms with E-state index >= 15 is 0 Å². The summed E-state index contributed by atoms with van der Waals surface area (Å²) in [7, 11) is 0. The lowest BCUT2D eigenvalue weighted by molar-refractivity contribution is -0.124. The molecule has 5 rings (SSSR count). The summed E-state index contributed by atoms with van der Waals surface area (Å²) in [6, 6.07) is 16.5. The standard InChI is InChI=1S/C22H22N4O/c23-12-16(25-22(27)21-14-6-7-15(11-14)24-21)9-13-5-8-20-18(10-13)17-3-1-2-4-19(17)26-20/h1-5,8,10,14-16,21,24,26H,6-7,9,11H2,(H,25,27)/t14-,15+,16?,21-/m0/s1. The first-order valence-corrected chi connectivity index (χ1v) is 9.66. The summed E-state index contributed by atoms with van der Waals surface area (Å²) >= 11 is 0. The van der Waals surface area contributed by atoms with E-state index in [2.05, 4.69) is 46.0 Å². The third kappa shape index (κ3) is 2.87. The van der Waals surface area contributed by atoms with Crippen molar-refractivity contribution < 1.29 is 4.79 Å². The van der Waals surface area contributed by atoms with Crippen molar-refractivity contribution in [1.29, 1.82) is 5.26 Å². The zero-order valence-electron chi connectivity index (χ0n) is 15.0. The van der Waals surface area contributed by atoms with E-state index in [0.717, 1.165) is 34.8 Å². The first-order chi connectivity index (χ1) is 13.2. The molecule has 4 atom stereocenters. The van der Waals surface area contributed by atoms with Crippen LogP contribution in [0.2, 0.25) is 0 Å². The first kappa shape index (κ1) is 16.3. The zero-order chi connectivity index (χ0) is 18.4. The third-order valence-electron chi connectivity index (χ3n) is 6.13. The van der Waals surface area contributed by atoms with Crippen LogP contribution in [0.1, 0.15) is 24.8 Å². The van der Waals surface area contributed by atoms with Crippen molar-refractivity contribution in [1.82, 2.24) is 15.6 Å². The number of aromatic nitrogens is 1. The molecule has 1 amide bonds. The highest BCUT2D eigenvalue weighted by Crippen LogP contribution is 2.35. The molecule has 1 saturated heterocycles. The molecular weight excluding hydrogens is 336 g/mol. The van der Waals surface area contributed by atoms with Gasteiger partial charge in [-0.3, -0.25) is 4.79 Å². The fourth-order valence-electron chi connectivity index (χ4n) is 4.80. The van der Waals surface area contributed by atoms with Gasteiger partial charge in [0.05, 0.1) is 12.1 Å². The number of hydrogen-bond donors (Lipinski definition) is 3. The van der Waals surface area contributed by atoms with Gasteiger partial charge in [0.15, 0.2) is 0 Å². The van der Waals surface area contributed by atoms with Crippen molar-refractivity contribution >= 4 is 27.7 Å². The summed E-state index contributed by atoms with van der Waals surface area (Å²) in [5, 5.41) is 18.2. The SMILES string of the molecule is N#CC(Cc1ccc2[nH]c3ccccc3c2c1)NC(=O)[C@H]1N[C@@H]2CC[C@H]1C2. The summed E-state index contributed by atoms with van der Waals surface area (Å²) in [5.74, 6) is 0.402. The molecule has 27 heavy (non-hydrogen) atoms. The van der Waals surface area contributed by atoms with Crippen LogP contribution in [0.3, 0.4) is 0 Å². The molecule has 2 heterocycles. The van der Waals surface area contributed by atoms with E-state index in [4.69, 9.17) is 0 Å². The second-order valence-corrected chi connectivity index (χ2v) is 7.86. The number of H-pyrrole nitrogens is 1. The highest BCUT2D eigenvalue weighted by atomic mass is 16.2. The number of carbonyl (C=O) groups excluding carboxylic acids is 1. The molecule has 2 fully saturated rings. The number of aromatic amines is 1. The maximum Gasteiger partial charge on any atom is 0.238 e. The van der Waals surface area contributed by atoms with Gasteiger partial charge in [0, 0.05) is 34.3 Å². The molecule has 5 nitrogen and oxygen atoms in total. The van der Waals surface area contributed by atoms with Crippen LogP contribution < -0.4 is 10.6 Å². The lowest BCUT2D eigenvalue weighted by atomic mass is 9.98. The molecular formula is C22H22N4O. The monoisotopic (exact) mass is 358 g/mol. The molecule has 2 aliphatic rings. The lowest BCUT2D eigenvalue weighted by Gasteiger charge is -2.23. The predicted octanol–water partition coefficient (Wildman–Crippen LogP) is 3.01. The van der Waals surface area contributed by atoms with E-state index in [-0.39, 0.29) is 11.9 Å². The van der Waals surface area contributed by atoms with Crippen LogP contribution in [0, 0.1) is 17.2 Å². The van der Waals surface area contributed by atoms with Crippen LogP contribution in [0.4, 0.5) is 0 Å². The van der Waals surface area contributed by atoms with Gasteiger partial charge < -0.3 is 15.6 Å². The molecule has 2 aromatic carbocycles. The topological polar surface area (TPSA) is 80.7 Å². The minimum absolute atomic E-state index is 0.0260. The fraction of sp³-hybridized carbons (Fsp3) is 0.364. The van der Waals surface area contributed by atoms with E-state index in [9.17, 15) is 10.1 Å². The minimum atomic E-state index is -0.513. The Kier molecular flexibility index (Phi) is 3.87. The number of carbonyl (C=O) groups is 1. The van der Waals surface area contributed by atoms with Crippen LogP contribution in [-0.4, -0.2) is 29.0 Å². The summed E-state index contributed by atoms with van der Waals surface area (Å²) in [6.45, 7) is 0. The molecule has 3 aromatic rings. The number of hydrogen-bond acceptors (Lipinski definition) is 3. The normalized spacial score (nSPS) is 24.9. The molecule has 1 aromatic heterocycles. The summed E-state index contributed by atoms with van der Waals surface area (Å²) in [6.07, 6.45) is 3.88. The van der Waals surface area contributed by atoms with Gasteiger partial charge in [0.2, 0.25) is 5.91 Å². The molecule has 136 valence electrons. The van der Waals surface area contributed by atoms with Gasteiger partial charge in [0.25, 0.3) is 0 Å². The molecule has 1 aliphatic carbocycles. The van der Waals surface area contributed by atoms with E-state index in [1.807, 2.05) is 18.2 Å². The van der Waals surface area contributed by atoms with Gasteiger partial charge >= 0.3 is 0 Å². The Balaban J connectivity index is 1.34. The van der Waals surface area contributed by atoms with Gasteiger partial charge in [-0.25, -0.2) is 0 Å². The molecule has 1 aliphatic heterocycles. The summed E-state index contributed by atoms with van der Waals surface area (Å²) < 4.78 is 0. The van der Waals surface area contributed by atoms with Crippen molar-refractivity contribution in [3.63, 3.8) is 0 Å². The van der Waals surface area contributed by atoms with E-state index in [1.165, 1.54) is 11.8 Å². The fourth-order valence-corrected chi connectivity index (χ4v) is 4.80. The Hall–Kier alpha value is -2.84. The minimum Gasteiger partial charge on any atom is -0.355 e. The van der Waals surface area contributed by atoms with Crippen molar-refractivity contribution in [3.05, 3.63) is 48.0 Å². The molecule has 3 N–H and O–H groups in total. The van der Waals surface area contributed by atoms with Crippen molar-refractivity contribution in [2.45, 2.75) is 43.8 Å². The van der Waals surface area contributed by atoms with Gasteiger partial charge in [-0.2, -0.15) is 5.26 Å². The number of nitrogens with one attached hydrogen (secondary N) is 3. The van der Waals surface area contributed by atoms with Crippen molar-refractivity contribution in [3.8, 4) is 6.07 Å². The first-order valence-electron chi connectivity index (χ1n) is 9.66. The number of para-hydroxylation sites is 1. The predicted molar refractivity (Wildman–Crippen MR) is 105 cm³/mol. The Labute approximate surface area is 157 Å². The Morgan fingerprint density at radius 3 is 2.81 bits per heavy atom. The highest BCUT2D eigenvalue weighted by molar-refractivity contribution is 6.07. The molecule has 2 bridgehead atoms. The molecule has 1 unspecified atom stereocenters. The molecule has 0 spiro atoms. The smallest absolute Gasteiger partial charge is 0.238 e. The molecule has 1 saturated carbocycles. The van der Waals surface area contributed by atoms with E-state index in [1.54, 1.807) is 0 Å². The van der Waals surface area contributed by atoms with Gasteiger partial charge in [-0.05, 0) is 48.9 Å². The third-order valence-corrected chi connectivity index (χ3v) is 6.13. The Morgan fingerprint density at radius 2 is 2.04 bits per heavy atom.